The van der Waals surface area contributed by atoms with Gasteiger partial charge in [-0.2, -0.15) is 4.31 Å². The Bertz CT molecular complexity index is 1110. The zero-order valence-corrected chi connectivity index (χ0v) is 19.3. The van der Waals surface area contributed by atoms with Gasteiger partial charge in [0.05, 0.1) is 27.4 Å². The first kappa shape index (κ1) is 22.6. The second kappa shape index (κ2) is 9.90. The van der Waals surface area contributed by atoms with Crippen molar-refractivity contribution in [2.75, 3.05) is 20.8 Å². The molecule has 1 aliphatic heterocycles. The zero-order valence-electron chi connectivity index (χ0n) is 18.4. The largest absolute Gasteiger partial charge is 0.497 e. The molecule has 0 N–H and O–H groups in total. The number of hydrogen-bond donors (Lipinski definition) is 0. The normalized spacial score (nSPS) is 21.4. The number of rotatable bonds is 6. The molecule has 0 amide bonds. The standard InChI is InChI=1S/C25H29NO5S/c1-29-23-12-13-24(30-2)25(15-23)32(27,28)26-16-20-10-6-7-11-21(20)17-31-18-22(26)14-19-8-4-3-5-9-19/h3-8,10-13,15,19,22H,9,14,16-18H2,1-2H3. The Balaban J connectivity index is 1.77. The van der Waals surface area contributed by atoms with Crippen molar-refractivity contribution in [3.63, 3.8) is 0 Å². The second-order valence-electron chi connectivity index (χ2n) is 8.05. The first-order valence-corrected chi connectivity index (χ1v) is 12.2. The summed E-state index contributed by atoms with van der Waals surface area (Å²) >= 11 is 0. The minimum atomic E-state index is -3.91. The van der Waals surface area contributed by atoms with Gasteiger partial charge in [-0.05, 0) is 42.0 Å². The van der Waals surface area contributed by atoms with Crippen LogP contribution in [-0.2, 0) is 27.9 Å². The summed E-state index contributed by atoms with van der Waals surface area (Å²) in [5.41, 5.74) is 1.95. The highest BCUT2D eigenvalue weighted by atomic mass is 32.2. The van der Waals surface area contributed by atoms with Gasteiger partial charge in [-0.25, -0.2) is 8.42 Å². The van der Waals surface area contributed by atoms with E-state index in [1.54, 1.807) is 16.4 Å². The van der Waals surface area contributed by atoms with Gasteiger partial charge in [0, 0.05) is 18.7 Å². The Kier molecular flexibility index (Phi) is 6.98. The Morgan fingerprint density at radius 2 is 1.88 bits per heavy atom. The average molecular weight is 456 g/mol. The second-order valence-corrected chi connectivity index (χ2v) is 9.91. The number of ether oxygens (including phenoxy) is 3. The summed E-state index contributed by atoms with van der Waals surface area (Å²) in [5.74, 6) is 1.01. The van der Waals surface area contributed by atoms with Crippen molar-refractivity contribution < 1.29 is 22.6 Å². The van der Waals surface area contributed by atoms with Gasteiger partial charge >= 0.3 is 0 Å². The minimum Gasteiger partial charge on any atom is -0.497 e. The summed E-state index contributed by atoms with van der Waals surface area (Å²) in [6.45, 7) is 1.08. The third-order valence-corrected chi connectivity index (χ3v) is 7.94. The molecule has 2 aliphatic rings. The van der Waals surface area contributed by atoms with E-state index in [9.17, 15) is 8.42 Å². The van der Waals surface area contributed by atoms with E-state index < -0.39 is 10.0 Å². The van der Waals surface area contributed by atoms with E-state index in [1.807, 2.05) is 36.4 Å². The molecule has 4 rings (SSSR count). The van der Waals surface area contributed by atoms with Crippen molar-refractivity contribution in [1.29, 1.82) is 0 Å². The maximum atomic E-state index is 14.1. The van der Waals surface area contributed by atoms with E-state index in [2.05, 4.69) is 12.2 Å². The maximum absolute atomic E-state index is 14.1. The highest BCUT2D eigenvalue weighted by molar-refractivity contribution is 7.89. The minimum absolute atomic E-state index is 0.0986. The molecule has 0 bridgehead atoms. The zero-order chi connectivity index (χ0) is 22.6. The molecule has 2 aromatic carbocycles. The molecule has 0 spiro atoms. The third-order valence-electron chi connectivity index (χ3n) is 6.02. The van der Waals surface area contributed by atoms with Crippen molar-refractivity contribution in [3.8, 4) is 11.5 Å². The van der Waals surface area contributed by atoms with Gasteiger partial charge in [0.25, 0.3) is 0 Å². The van der Waals surface area contributed by atoms with Gasteiger partial charge in [-0.15, -0.1) is 0 Å². The van der Waals surface area contributed by atoms with Gasteiger partial charge in [0.1, 0.15) is 16.4 Å². The lowest BCUT2D eigenvalue weighted by molar-refractivity contribution is 0.0604. The Labute approximate surface area is 190 Å². The van der Waals surface area contributed by atoms with Gasteiger partial charge in [0.2, 0.25) is 10.0 Å². The molecule has 7 heteroatoms. The molecule has 32 heavy (non-hydrogen) atoms. The number of methoxy groups -OCH3 is 2. The number of nitrogens with zero attached hydrogens (tertiary/aromatic N) is 1. The molecule has 2 atom stereocenters. The molecule has 0 radical (unpaired) electrons. The first-order chi connectivity index (χ1) is 15.5. The average Bonchev–Trinajstić information content (AvgIpc) is 2.81. The smallest absolute Gasteiger partial charge is 0.247 e. The molecule has 6 nitrogen and oxygen atoms in total. The first-order valence-electron chi connectivity index (χ1n) is 10.7. The van der Waals surface area contributed by atoms with Crippen LogP contribution in [0, 0.1) is 5.92 Å². The van der Waals surface area contributed by atoms with Crippen LogP contribution in [0.15, 0.2) is 71.7 Å². The van der Waals surface area contributed by atoms with Crippen LogP contribution in [0.5, 0.6) is 11.5 Å². The van der Waals surface area contributed by atoms with Crippen LogP contribution in [0.4, 0.5) is 0 Å². The van der Waals surface area contributed by atoms with E-state index in [-0.39, 0.29) is 23.4 Å². The molecule has 0 fully saturated rings. The Morgan fingerprint density at radius 3 is 2.59 bits per heavy atom. The van der Waals surface area contributed by atoms with E-state index in [0.29, 0.717) is 31.1 Å². The quantitative estimate of drug-likeness (QED) is 0.649. The molecule has 1 heterocycles. The number of benzene rings is 2. The maximum Gasteiger partial charge on any atom is 0.247 e. The predicted molar refractivity (Wildman–Crippen MR) is 123 cm³/mol. The van der Waals surface area contributed by atoms with Crippen LogP contribution in [0.1, 0.15) is 24.0 Å². The summed E-state index contributed by atoms with van der Waals surface area (Å²) in [6.07, 6.45) is 9.87. The highest BCUT2D eigenvalue weighted by Gasteiger charge is 2.36. The van der Waals surface area contributed by atoms with Crippen molar-refractivity contribution >= 4 is 10.0 Å². The van der Waals surface area contributed by atoms with Gasteiger partial charge in [0.15, 0.2) is 0 Å². The van der Waals surface area contributed by atoms with E-state index in [1.165, 1.54) is 20.3 Å². The molecular formula is C25H29NO5S. The van der Waals surface area contributed by atoms with Crippen LogP contribution in [0.3, 0.4) is 0 Å². The number of fused-ring (bicyclic) bond motifs is 1. The summed E-state index contributed by atoms with van der Waals surface area (Å²) in [6, 6.07) is 12.4. The number of sulfonamides is 1. The third kappa shape index (κ3) is 4.75. The molecule has 170 valence electrons. The fourth-order valence-corrected chi connectivity index (χ4v) is 6.04. The van der Waals surface area contributed by atoms with Gasteiger partial charge in [-0.1, -0.05) is 48.6 Å². The summed E-state index contributed by atoms with van der Waals surface area (Å²) in [4.78, 5) is 0.0986. The molecule has 0 aromatic heterocycles. The fourth-order valence-electron chi connectivity index (χ4n) is 4.27. The molecule has 2 unspecified atom stereocenters. The van der Waals surface area contributed by atoms with Crippen molar-refractivity contribution in [2.45, 2.75) is 36.9 Å². The topological polar surface area (TPSA) is 65.1 Å². The summed E-state index contributed by atoms with van der Waals surface area (Å²) < 4.78 is 46.4. The van der Waals surface area contributed by atoms with Crippen LogP contribution >= 0.6 is 0 Å². The summed E-state index contributed by atoms with van der Waals surface area (Å²) in [5, 5.41) is 0. The molecule has 1 aliphatic carbocycles. The number of hydrogen-bond acceptors (Lipinski definition) is 5. The SMILES string of the molecule is COc1ccc(OC)c(S(=O)(=O)N2Cc3ccccc3COCC2CC2C=CC=CC2)c1. The lowest BCUT2D eigenvalue weighted by Crippen LogP contribution is -2.44. The molecule has 2 aromatic rings. The van der Waals surface area contributed by atoms with Gasteiger partial charge in [-0.3, -0.25) is 0 Å². The highest BCUT2D eigenvalue weighted by Crippen LogP contribution is 2.35. The van der Waals surface area contributed by atoms with E-state index >= 15 is 0 Å². The molecule has 0 saturated carbocycles. The van der Waals surface area contributed by atoms with Crippen LogP contribution in [0.2, 0.25) is 0 Å². The van der Waals surface area contributed by atoms with Crippen LogP contribution in [0.25, 0.3) is 0 Å². The Morgan fingerprint density at radius 1 is 1.06 bits per heavy atom. The van der Waals surface area contributed by atoms with Crippen LogP contribution in [-0.4, -0.2) is 39.6 Å². The van der Waals surface area contributed by atoms with Gasteiger partial charge < -0.3 is 14.2 Å². The lowest BCUT2D eigenvalue weighted by Gasteiger charge is -2.35. The van der Waals surface area contributed by atoms with Crippen LogP contribution < -0.4 is 9.47 Å². The molecular weight excluding hydrogens is 426 g/mol. The van der Waals surface area contributed by atoms with Crippen molar-refractivity contribution in [3.05, 3.63) is 77.9 Å². The summed E-state index contributed by atoms with van der Waals surface area (Å²) in [7, 11) is -0.920. The predicted octanol–water partition coefficient (Wildman–Crippen LogP) is 4.32. The Hall–Kier alpha value is -2.61. The van der Waals surface area contributed by atoms with Crippen molar-refractivity contribution in [2.24, 2.45) is 5.92 Å². The van der Waals surface area contributed by atoms with E-state index in [0.717, 1.165) is 17.5 Å². The van der Waals surface area contributed by atoms with Crippen molar-refractivity contribution in [1.82, 2.24) is 4.31 Å². The fraction of sp³-hybridized carbons (Fsp3) is 0.360. The monoisotopic (exact) mass is 455 g/mol. The lowest BCUT2D eigenvalue weighted by atomic mass is 9.93. The number of allylic oxidation sites excluding steroid dienone is 4. The molecule has 0 saturated heterocycles. The van der Waals surface area contributed by atoms with E-state index in [4.69, 9.17) is 14.2 Å².